The van der Waals surface area contributed by atoms with Crippen molar-refractivity contribution in [1.29, 1.82) is 0 Å². The third-order valence-corrected chi connectivity index (χ3v) is 4.29. The third-order valence-electron chi connectivity index (χ3n) is 4.29. The number of rotatable bonds is 4. The normalized spacial score (nSPS) is 16.4. The molecule has 1 aliphatic rings. The first-order valence-corrected chi connectivity index (χ1v) is 8.98. The van der Waals surface area contributed by atoms with Crippen molar-refractivity contribution in [3.05, 3.63) is 42.2 Å². The Morgan fingerprint density at radius 3 is 2.61 bits per heavy atom. The SMILES string of the molecule is CC(=O)N1CCCC(Oc2cc(F)cc(NC(=O)Nc3cnc(C)nc3)c2)C1. The number of amides is 3. The lowest BCUT2D eigenvalue weighted by Gasteiger charge is -2.32. The molecule has 1 atom stereocenters. The smallest absolute Gasteiger partial charge is 0.323 e. The number of aryl methyl sites for hydroxylation is 1. The number of nitrogens with one attached hydrogen (secondary N) is 2. The molecule has 8 nitrogen and oxygen atoms in total. The van der Waals surface area contributed by atoms with Crippen molar-refractivity contribution >= 4 is 23.3 Å². The van der Waals surface area contributed by atoms with E-state index in [0.717, 1.165) is 12.8 Å². The van der Waals surface area contributed by atoms with Gasteiger partial charge in [-0.2, -0.15) is 0 Å². The number of nitrogens with zero attached hydrogens (tertiary/aromatic N) is 3. The second-order valence-electron chi connectivity index (χ2n) is 6.62. The molecule has 2 heterocycles. The van der Waals surface area contributed by atoms with Crippen molar-refractivity contribution in [2.75, 3.05) is 23.7 Å². The predicted molar refractivity (Wildman–Crippen MR) is 102 cm³/mol. The van der Waals surface area contributed by atoms with Gasteiger partial charge in [0, 0.05) is 31.3 Å². The van der Waals surface area contributed by atoms with Crippen LogP contribution in [-0.2, 0) is 4.79 Å². The first kappa shape index (κ1) is 19.5. The maximum Gasteiger partial charge on any atom is 0.323 e. The van der Waals surface area contributed by atoms with Crippen LogP contribution in [0, 0.1) is 12.7 Å². The minimum Gasteiger partial charge on any atom is -0.488 e. The van der Waals surface area contributed by atoms with Gasteiger partial charge < -0.3 is 20.3 Å². The topological polar surface area (TPSA) is 96.5 Å². The van der Waals surface area contributed by atoms with E-state index < -0.39 is 11.8 Å². The van der Waals surface area contributed by atoms with Crippen LogP contribution in [0.4, 0.5) is 20.6 Å². The zero-order valence-electron chi connectivity index (χ0n) is 15.7. The number of benzene rings is 1. The molecule has 3 amide bonds. The number of carbonyl (C=O) groups is 2. The Hall–Kier alpha value is -3.23. The summed E-state index contributed by atoms with van der Waals surface area (Å²) in [7, 11) is 0. The van der Waals surface area contributed by atoms with E-state index in [4.69, 9.17) is 4.74 Å². The molecule has 28 heavy (non-hydrogen) atoms. The Bertz CT molecular complexity index is 859. The minimum absolute atomic E-state index is 0.00773. The van der Waals surface area contributed by atoms with Crippen molar-refractivity contribution in [3.8, 4) is 5.75 Å². The van der Waals surface area contributed by atoms with Crippen LogP contribution in [0.2, 0.25) is 0 Å². The van der Waals surface area contributed by atoms with Crippen molar-refractivity contribution in [3.63, 3.8) is 0 Å². The summed E-state index contributed by atoms with van der Waals surface area (Å²) >= 11 is 0. The zero-order chi connectivity index (χ0) is 20.1. The molecule has 0 saturated carbocycles. The van der Waals surface area contributed by atoms with Gasteiger partial charge in [-0.3, -0.25) is 4.79 Å². The molecule has 2 N–H and O–H groups in total. The fourth-order valence-corrected chi connectivity index (χ4v) is 2.97. The quantitative estimate of drug-likeness (QED) is 0.841. The van der Waals surface area contributed by atoms with Crippen LogP contribution in [0.15, 0.2) is 30.6 Å². The number of hydrogen-bond donors (Lipinski definition) is 2. The van der Waals surface area contributed by atoms with E-state index in [9.17, 15) is 14.0 Å². The number of urea groups is 1. The highest BCUT2D eigenvalue weighted by Crippen LogP contribution is 2.24. The van der Waals surface area contributed by atoms with Gasteiger partial charge in [-0.25, -0.2) is 19.2 Å². The number of piperidine rings is 1. The molecular weight excluding hydrogens is 365 g/mol. The average Bonchev–Trinajstić information content (AvgIpc) is 2.63. The molecule has 9 heteroatoms. The van der Waals surface area contributed by atoms with E-state index in [0.29, 0.717) is 30.4 Å². The Morgan fingerprint density at radius 2 is 1.89 bits per heavy atom. The zero-order valence-corrected chi connectivity index (χ0v) is 15.7. The van der Waals surface area contributed by atoms with Gasteiger partial charge in [0.05, 0.1) is 24.6 Å². The second kappa shape index (κ2) is 8.64. The Balaban J connectivity index is 1.63. The van der Waals surface area contributed by atoms with Crippen LogP contribution in [-0.4, -0.2) is 46.0 Å². The van der Waals surface area contributed by atoms with E-state index in [-0.39, 0.29) is 17.7 Å². The molecule has 1 aromatic carbocycles. The number of aromatic nitrogens is 2. The van der Waals surface area contributed by atoms with Gasteiger partial charge in [-0.1, -0.05) is 0 Å². The van der Waals surface area contributed by atoms with Crippen LogP contribution in [0.1, 0.15) is 25.6 Å². The van der Waals surface area contributed by atoms with E-state index in [1.807, 2.05) is 0 Å². The van der Waals surface area contributed by atoms with Gasteiger partial charge in [-0.15, -0.1) is 0 Å². The monoisotopic (exact) mass is 387 g/mol. The maximum atomic E-state index is 14.0. The highest BCUT2D eigenvalue weighted by Gasteiger charge is 2.23. The van der Waals surface area contributed by atoms with Crippen molar-refractivity contribution in [2.24, 2.45) is 0 Å². The number of halogens is 1. The Labute approximate surface area is 162 Å². The molecule has 0 bridgehead atoms. The number of likely N-dealkylation sites (tertiary alicyclic amines) is 1. The molecule has 3 rings (SSSR count). The summed E-state index contributed by atoms with van der Waals surface area (Å²) in [6.07, 6.45) is 4.34. The van der Waals surface area contributed by atoms with Crippen LogP contribution >= 0.6 is 0 Å². The molecule has 1 unspecified atom stereocenters. The first-order chi connectivity index (χ1) is 13.4. The number of carbonyl (C=O) groups excluding carboxylic acids is 2. The van der Waals surface area contributed by atoms with E-state index >= 15 is 0 Å². The van der Waals surface area contributed by atoms with Crippen LogP contribution in [0.5, 0.6) is 5.75 Å². The fourth-order valence-electron chi connectivity index (χ4n) is 2.97. The molecule has 1 aliphatic heterocycles. The first-order valence-electron chi connectivity index (χ1n) is 8.98. The standard InChI is InChI=1S/C19H22FN5O3/c1-12-21-9-16(10-22-12)24-19(27)23-15-6-14(20)7-18(8-15)28-17-4-3-5-25(11-17)13(2)26/h6-10,17H,3-5,11H2,1-2H3,(H2,23,24,27). The summed E-state index contributed by atoms with van der Waals surface area (Å²) in [5.74, 6) is 0.339. The maximum absolute atomic E-state index is 14.0. The Morgan fingerprint density at radius 1 is 1.18 bits per heavy atom. The molecular formula is C19H22FN5O3. The molecule has 1 saturated heterocycles. The van der Waals surface area contributed by atoms with E-state index in [1.165, 1.54) is 31.5 Å². The van der Waals surface area contributed by atoms with Crippen LogP contribution in [0.3, 0.4) is 0 Å². The molecule has 0 spiro atoms. The van der Waals surface area contributed by atoms with Gasteiger partial charge in [-0.05, 0) is 25.8 Å². The lowest BCUT2D eigenvalue weighted by Crippen LogP contribution is -2.43. The minimum atomic E-state index is -0.551. The predicted octanol–water partition coefficient (Wildman–Crippen LogP) is 2.96. The molecule has 0 radical (unpaired) electrons. The van der Waals surface area contributed by atoms with Gasteiger partial charge >= 0.3 is 6.03 Å². The van der Waals surface area contributed by atoms with Crippen molar-refractivity contribution < 1.29 is 18.7 Å². The molecule has 1 fully saturated rings. The summed E-state index contributed by atoms with van der Waals surface area (Å²) < 4.78 is 19.8. The highest BCUT2D eigenvalue weighted by molar-refractivity contribution is 5.99. The third kappa shape index (κ3) is 5.38. The molecule has 1 aromatic heterocycles. The van der Waals surface area contributed by atoms with E-state index in [1.54, 1.807) is 17.9 Å². The largest absolute Gasteiger partial charge is 0.488 e. The lowest BCUT2D eigenvalue weighted by atomic mass is 10.1. The Kier molecular flexibility index (Phi) is 6.03. The van der Waals surface area contributed by atoms with Crippen molar-refractivity contribution in [1.82, 2.24) is 14.9 Å². The summed E-state index contributed by atoms with van der Waals surface area (Å²) in [6.45, 7) is 4.42. The summed E-state index contributed by atoms with van der Waals surface area (Å²) in [5, 5.41) is 5.13. The van der Waals surface area contributed by atoms with Crippen LogP contribution < -0.4 is 15.4 Å². The van der Waals surface area contributed by atoms with Gasteiger partial charge in [0.15, 0.2) is 0 Å². The number of hydrogen-bond acceptors (Lipinski definition) is 5. The summed E-state index contributed by atoms with van der Waals surface area (Å²) in [4.78, 5) is 33.3. The summed E-state index contributed by atoms with van der Waals surface area (Å²) in [5.41, 5.74) is 0.669. The number of ether oxygens (including phenoxy) is 1. The van der Waals surface area contributed by atoms with Gasteiger partial charge in [0.2, 0.25) is 5.91 Å². The van der Waals surface area contributed by atoms with Gasteiger partial charge in [0.25, 0.3) is 0 Å². The van der Waals surface area contributed by atoms with Crippen molar-refractivity contribution in [2.45, 2.75) is 32.8 Å². The lowest BCUT2D eigenvalue weighted by molar-refractivity contribution is -0.131. The molecule has 2 aromatic rings. The molecule has 148 valence electrons. The molecule has 0 aliphatic carbocycles. The van der Waals surface area contributed by atoms with Crippen LogP contribution in [0.25, 0.3) is 0 Å². The fraction of sp³-hybridized carbons (Fsp3) is 0.368. The highest BCUT2D eigenvalue weighted by atomic mass is 19.1. The number of anilines is 2. The van der Waals surface area contributed by atoms with Gasteiger partial charge in [0.1, 0.15) is 23.5 Å². The second-order valence-corrected chi connectivity index (χ2v) is 6.62. The summed E-state index contributed by atoms with van der Waals surface area (Å²) in [6, 6.07) is 3.44. The van der Waals surface area contributed by atoms with E-state index in [2.05, 4.69) is 20.6 Å². The average molecular weight is 387 g/mol.